The van der Waals surface area contributed by atoms with Crippen LogP contribution in [-0.4, -0.2) is 31.3 Å². The molecule has 6 heteroatoms. The van der Waals surface area contributed by atoms with Gasteiger partial charge >= 0.3 is 6.03 Å². The van der Waals surface area contributed by atoms with Gasteiger partial charge in [0.1, 0.15) is 0 Å². The third-order valence-corrected chi connectivity index (χ3v) is 5.88. The van der Waals surface area contributed by atoms with E-state index in [1.54, 1.807) is 0 Å². The molecule has 2 saturated carbocycles. The highest BCUT2D eigenvalue weighted by atomic mass is 35.5. The van der Waals surface area contributed by atoms with Gasteiger partial charge in [-0.05, 0) is 36.5 Å². The molecule has 1 aliphatic heterocycles. The number of urea groups is 1. The van der Waals surface area contributed by atoms with Gasteiger partial charge in [-0.1, -0.05) is 29.3 Å². The molecule has 4 nitrogen and oxygen atoms in total. The van der Waals surface area contributed by atoms with E-state index in [0.717, 1.165) is 26.1 Å². The minimum Gasteiger partial charge on any atom is -0.381 e. The van der Waals surface area contributed by atoms with Crippen LogP contribution in [0, 0.1) is 11.8 Å². The van der Waals surface area contributed by atoms with Crippen LogP contribution in [0.4, 0.5) is 4.79 Å². The van der Waals surface area contributed by atoms with Gasteiger partial charge in [0.15, 0.2) is 0 Å². The zero-order valence-corrected chi connectivity index (χ0v) is 13.5. The number of benzene rings is 1. The molecule has 1 aromatic carbocycles. The van der Waals surface area contributed by atoms with Crippen molar-refractivity contribution in [3.63, 3.8) is 0 Å². The molecule has 3 fully saturated rings. The predicted octanol–water partition coefficient (Wildman–Crippen LogP) is 3.18. The highest BCUT2D eigenvalue weighted by Gasteiger charge is 2.54. The van der Waals surface area contributed by atoms with Crippen molar-refractivity contribution in [1.82, 2.24) is 10.6 Å². The number of fused-ring (bicyclic) bond motifs is 1. The highest BCUT2D eigenvalue weighted by molar-refractivity contribution is 6.42. The first-order valence-corrected chi connectivity index (χ1v) is 8.47. The minimum atomic E-state index is -0.0445. The summed E-state index contributed by atoms with van der Waals surface area (Å²) in [4.78, 5) is 12.0. The Kier molecular flexibility index (Phi) is 3.71. The molecular weight excluding hydrogens is 323 g/mol. The minimum absolute atomic E-state index is 0.0445. The fraction of sp³-hybridized carbons (Fsp3) is 0.562. The summed E-state index contributed by atoms with van der Waals surface area (Å²) in [6, 6.07) is 6.29. The maximum absolute atomic E-state index is 12.0. The second kappa shape index (κ2) is 5.59. The van der Waals surface area contributed by atoms with E-state index in [0.29, 0.717) is 33.8 Å². The Bertz CT molecular complexity index is 594. The van der Waals surface area contributed by atoms with E-state index in [9.17, 15) is 4.79 Å². The average Bonchev–Trinajstić information content (AvgIpc) is 2.88. The van der Waals surface area contributed by atoms with E-state index in [-0.39, 0.29) is 12.1 Å². The molecule has 2 aliphatic carbocycles. The molecule has 3 atom stereocenters. The number of hydrogen-bond acceptors (Lipinski definition) is 2. The molecule has 3 aliphatic rings. The predicted molar refractivity (Wildman–Crippen MR) is 85.5 cm³/mol. The van der Waals surface area contributed by atoms with Crippen molar-refractivity contribution < 1.29 is 9.53 Å². The van der Waals surface area contributed by atoms with Gasteiger partial charge in [0, 0.05) is 23.9 Å². The summed E-state index contributed by atoms with van der Waals surface area (Å²) in [6.07, 6.45) is 1.90. The molecular formula is C16H18Cl2N2O2. The van der Waals surface area contributed by atoms with Crippen molar-refractivity contribution in [2.24, 2.45) is 11.8 Å². The van der Waals surface area contributed by atoms with Crippen molar-refractivity contribution in [1.29, 1.82) is 0 Å². The number of rotatable bonds is 3. The molecule has 2 N–H and O–H groups in total. The molecule has 118 valence electrons. The smallest absolute Gasteiger partial charge is 0.315 e. The zero-order valence-electron chi connectivity index (χ0n) is 12.0. The van der Waals surface area contributed by atoms with Crippen molar-refractivity contribution in [2.45, 2.75) is 30.8 Å². The molecule has 22 heavy (non-hydrogen) atoms. The first-order valence-electron chi connectivity index (χ1n) is 7.71. The average molecular weight is 341 g/mol. The van der Waals surface area contributed by atoms with E-state index in [1.807, 2.05) is 18.2 Å². The lowest BCUT2D eigenvalue weighted by molar-refractivity contribution is 0.155. The summed E-state index contributed by atoms with van der Waals surface area (Å²) in [5.74, 6) is 1.53. The molecule has 1 saturated heterocycles. The van der Waals surface area contributed by atoms with Crippen LogP contribution < -0.4 is 10.6 Å². The molecule has 2 amide bonds. The summed E-state index contributed by atoms with van der Waals surface area (Å²) in [5.41, 5.74) is 1.20. The van der Waals surface area contributed by atoms with Gasteiger partial charge in [0.2, 0.25) is 0 Å². The number of ether oxygens (including phenoxy) is 1. The Morgan fingerprint density at radius 1 is 1.09 bits per heavy atom. The van der Waals surface area contributed by atoms with Crippen molar-refractivity contribution in [3.8, 4) is 0 Å². The molecule has 1 heterocycles. The molecule has 0 bridgehead atoms. The van der Waals surface area contributed by atoms with Crippen LogP contribution in [0.25, 0.3) is 0 Å². The van der Waals surface area contributed by atoms with E-state index >= 15 is 0 Å². The Balaban J connectivity index is 1.23. The van der Waals surface area contributed by atoms with Crippen LogP contribution in [-0.2, 0) is 4.74 Å². The lowest BCUT2D eigenvalue weighted by atomic mass is 9.76. The Labute approximate surface area is 139 Å². The zero-order chi connectivity index (χ0) is 15.3. The number of amides is 2. The summed E-state index contributed by atoms with van der Waals surface area (Å²) < 4.78 is 5.32. The van der Waals surface area contributed by atoms with E-state index < -0.39 is 0 Å². The number of carbonyl (C=O) groups excluding carboxylic acids is 1. The fourth-order valence-electron chi connectivity index (χ4n) is 3.61. The molecule has 0 aromatic heterocycles. The second-order valence-corrected chi connectivity index (χ2v) is 7.36. The number of halogens is 2. The largest absolute Gasteiger partial charge is 0.381 e. The van der Waals surface area contributed by atoms with Gasteiger partial charge in [0.05, 0.1) is 23.3 Å². The third-order valence-electron chi connectivity index (χ3n) is 5.14. The highest BCUT2D eigenvalue weighted by Crippen LogP contribution is 2.44. The Hall–Kier alpha value is -0.970. The molecule has 1 aromatic rings. The van der Waals surface area contributed by atoms with E-state index in [4.69, 9.17) is 27.9 Å². The van der Waals surface area contributed by atoms with Crippen molar-refractivity contribution >= 4 is 29.2 Å². The summed E-state index contributed by atoms with van der Waals surface area (Å²) in [5, 5.41) is 7.28. The van der Waals surface area contributed by atoms with Crippen LogP contribution in [0.5, 0.6) is 0 Å². The van der Waals surface area contributed by atoms with Gasteiger partial charge < -0.3 is 15.4 Å². The topological polar surface area (TPSA) is 50.4 Å². The summed E-state index contributed by atoms with van der Waals surface area (Å²) in [6.45, 7) is 1.58. The van der Waals surface area contributed by atoms with Gasteiger partial charge in [0.25, 0.3) is 0 Å². The van der Waals surface area contributed by atoms with Gasteiger partial charge in [-0.3, -0.25) is 0 Å². The quantitative estimate of drug-likeness (QED) is 0.887. The molecule has 4 rings (SSSR count). The van der Waals surface area contributed by atoms with Crippen molar-refractivity contribution in [3.05, 3.63) is 33.8 Å². The lowest BCUT2D eigenvalue weighted by Gasteiger charge is -2.36. The van der Waals surface area contributed by atoms with Crippen LogP contribution in [0.15, 0.2) is 18.2 Å². The van der Waals surface area contributed by atoms with E-state index in [2.05, 4.69) is 10.6 Å². The Morgan fingerprint density at radius 3 is 2.50 bits per heavy atom. The summed E-state index contributed by atoms with van der Waals surface area (Å²) in [7, 11) is 0. The second-order valence-electron chi connectivity index (χ2n) is 6.55. The number of hydrogen-bond donors (Lipinski definition) is 2. The van der Waals surface area contributed by atoms with Gasteiger partial charge in [-0.2, -0.15) is 0 Å². The maximum Gasteiger partial charge on any atom is 0.315 e. The SMILES string of the molecule is O=C(NC1CC(c2ccc(Cl)c(Cl)c2)C1)NC1[C@H]2COC[C@@H]12. The van der Waals surface area contributed by atoms with Crippen LogP contribution in [0.2, 0.25) is 10.0 Å². The standard InChI is InChI=1S/C16H18Cl2N2O2/c17-13-2-1-8(5-14(13)18)9-3-10(4-9)19-16(21)20-15-11-6-22-7-12(11)15/h1-2,5,9-12,15H,3-4,6-7H2,(H2,19,20,21)/t9?,10?,11-,12+,15?. The number of carbonyl (C=O) groups is 1. The molecule has 0 radical (unpaired) electrons. The maximum atomic E-state index is 12.0. The molecule has 0 spiro atoms. The van der Waals surface area contributed by atoms with Gasteiger partial charge in [-0.25, -0.2) is 4.79 Å². The Morgan fingerprint density at radius 2 is 1.82 bits per heavy atom. The molecule has 1 unspecified atom stereocenters. The fourth-order valence-corrected chi connectivity index (χ4v) is 3.91. The van der Waals surface area contributed by atoms with Crippen LogP contribution in [0.1, 0.15) is 24.3 Å². The first-order chi connectivity index (χ1) is 10.6. The first kappa shape index (κ1) is 14.6. The third kappa shape index (κ3) is 2.68. The monoisotopic (exact) mass is 340 g/mol. The number of nitrogens with one attached hydrogen (secondary N) is 2. The normalized spacial score (nSPS) is 35.5. The summed E-state index contributed by atoms with van der Waals surface area (Å²) >= 11 is 12.0. The van der Waals surface area contributed by atoms with Crippen LogP contribution in [0.3, 0.4) is 0 Å². The van der Waals surface area contributed by atoms with Gasteiger partial charge in [-0.15, -0.1) is 0 Å². The van der Waals surface area contributed by atoms with Crippen LogP contribution >= 0.6 is 23.2 Å². The lowest BCUT2D eigenvalue weighted by Crippen LogP contribution is -2.48. The van der Waals surface area contributed by atoms with Crippen molar-refractivity contribution in [2.75, 3.05) is 13.2 Å². The van der Waals surface area contributed by atoms with E-state index in [1.165, 1.54) is 5.56 Å².